The Balaban J connectivity index is 1.69. The zero-order chi connectivity index (χ0) is 17.2. The Morgan fingerprint density at radius 3 is 2.72 bits per heavy atom. The van der Waals surface area contributed by atoms with Crippen LogP contribution < -0.4 is 4.74 Å². The maximum Gasteiger partial charge on any atom is 0.222 e. The SMILES string of the molecule is Clc1ncc(Cl)c(-c2c[nH]c3ccc(OCc4ccccc4)cc23)n1. The summed E-state index contributed by atoms with van der Waals surface area (Å²) < 4.78 is 5.91. The Kier molecular flexibility index (Phi) is 4.30. The Labute approximate surface area is 154 Å². The molecule has 2 heterocycles. The molecule has 0 saturated carbocycles. The van der Waals surface area contributed by atoms with Crippen molar-refractivity contribution in [1.29, 1.82) is 0 Å². The summed E-state index contributed by atoms with van der Waals surface area (Å²) in [6.07, 6.45) is 3.36. The third-order valence-electron chi connectivity index (χ3n) is 3.87. The van der Waals surface area contributed by atoms with E-state index in [1.54, 1.807) is 0 Å². The molecule has 0 aliphatic heterocycles. The van der Waals surface area contributed by atoms with E-state index in [0.717, 1.165) is 27.8 Å². The third kappa shape index (κ3) is 3.31. The van der Waals surface area contributed by atoms with Crippen LogP contribution in [-0.4, -0.2) is 15.0 Å². The van der Waals surface area contributed by atoms with Crippen molar-refractivity contribution in [1.82, 2.24) is 15.0 Å². The zero-order valence-electron chi connectivity index (χ0n) is 13.0. The molecule has 0 saturated heterocycles. The Bertz CT molecular complexity index is 1030. The second-order valence-corrected chi connectivity index (χ2v) is 6.26. The molecule has 0 unspecified atom stereocenters. The molecule has 4 aromatic rings. The smallest absolute Gasteiger partial charge is 0.222 e. The first-order valence-corrected chi connectivity index (χ1v) is 8.42. The molecule has 0 fully saturated rings. The maximum atomic E-state index is 6.24. The molecule has 2 aromatic heterocycles. The lowest BCUT2D eigenvalue weighted by Crippen LogP contribution is -1.94. The normalized spacial score (nSPS) is 11.0. The van der Waals surface area contributed by atoms with Gasteiger partial charge in [-0.2, -0.15) is 0 Å². The predicted molar refractivity (Wildman–Crippen MR) is 100 cm³/mol. The molecule has 0 aliphatic carbocycles. The molecule has 0 atom stereocenters. The van der Waals surface area contributed by atoms with Crippen molar-refractivity contribution in [3.8, 4) is 17.0 Å². The van der Waals surface area contributed by atoms with Gasteiger partial charge in [0.2, 0.25) is 5.28 Å². The van der Waals surface area contributed by atoms with Crippen molar-refractivity contribution >= 4 is 34.1 Å². The van der Waals surface area contributed by atoms with Gasteiger partial charge in [-0.25, -0.2) is 9.97 Å². The van der Waals surface area contributed by atoms with Crippen molar-refractivity contribution < 1.29 is 4.74 Å². The fourth-order valence-corrected chi connectivity index (χ4v) is 2.99. The van der Waals surface area contributed by atoms with E-state index >= 15 is 0 Å². The summed E-state index contributed by atoms with van der Waals surface area (Å²) in [5.74, 6) is 0.772. The van der Waals surface area contributed by atoms with E-state index in [9.17, 15) is 0 Å². The molecule has 0 radical (unpaired) electrons. The third-order valence-corrected chi connectivity index (χ3v) is 4.33. The lowest BCUT2D eigenvalue weighted by Gasteiger charge is -2.07. The maximum absolute atomic E-state index is 6.24. The van der Waals surface area contributed by atoms with Crippen LogP contribution in [0, 0.1) is 0 Å². The first kappa shape index (κ1) is 15.9. The van der Waals surface area contributed by atoms with E-state index in [4.69, 9.17) is 27.9 Å². The minimum atomic E-state index is 0.158. The number of ether oxygens (including phenoxy) is 1. The molecule has 6 heteroatoms. The minimum Gasteiger partial charge on any atom is -0.489 e. The predicted octanol–water partition coefficient (Wildman–Crippen LogP) is 5.51. The number of nitrogens with zero attached hydrogens (tertiary/aromatic N) is 2. The first-order valence-electron chi connectivity index (χ1n) is 7.67. The average Bonchev–Trinajstić information content (AvgIpc) is 3.06. The van der Waals surface area contributed by atoms with Crippen LogP contribution in [0.15, 0.2) is 60.9 Å². The van der Waals surface area contributed by atoms with Gasteiger partial charge in [0.15, 0.2) is 0 Å². The first-order chi connectivity index (χ1) is 12.2. The van der Waals surface area contributed by atoms with E-state index in [0.29, 0.717) is 17.3 Å². The van der Waals surface area contributed by atoms with Crippen LogP contribution in [0.4, 0.5) is 0 Å². The number of hydrogen-bond acceptors (Lipinski definition) is 3. The Morgan fingerprint density at radius 1 is 1.04 bits per heavy atom. The van der Waals surface area contributed by atoms with Crippen LogP contribution in [0.2, 0.25) is 10.3 Å². The number of hydrogen-bond donors (Lipinski definition) is 1. The standard InChI is InChI=1S/C19H13Cl2N3O/c20-16-10-23-19(21)24-18(16)15-9-22-17-7-6-13(8-14(15)17)25-11-12-4-2-1-3-5-12/h1-10,22H,11H2. The van der Waals surface area contributed by atoms with Crippen LogP contribution in [0.5, 0.6) is 5.75 Å². The van der Waals surface area contributed by atoms with Gasteiger partial charge in [0, 0.05) is 22.7 Å². The summed E-state index contributed by atoms with van der Waals surface area (Å²) in [6, 6.07) is 15.9. The number of H-pyrrole nitrogens is 1. The van der Waals surface area contributed by atoms with Crippen molar-refractivity contribution in [3.63, 3.8) is 0 Å². The molecule has 0 aliphatic rings. The molecule has 124 valence electrons. The van der Waals surface area contributed by atoms with Gasteiger partial charge >= 0.3 is 0 Å². The fraction of sp³-hybridized carbons (Fsp3) is 0.0526. The summed E-state index contributed by atoms with van der Waals surface area (Å²) >= 11 is 12.2. The number of halogens is 2. The minimum absolute atomic E-state index is 0.158. The molecule has 0 amide bonds. The molecule has 0 spiro atoms. The number of fused-ring (bicyclic) bond motifs is 1. The van der Waals surface area contributed by atoms with Crippen molar-refractivity contribution in [2.75, 3.05) is 0 Å². The van der Waals surface area contributed by atoms with E-state index < -0.39 is 0 Å². The molecule has 2 aromatic carbocycles. The molecular weight excluding hydrogens is 357 g/mol. The lowest BCUT2D eigenvalue weighted by atomic mass is 10.1. The van der Waals surface area contributed by atoms with Gasteiger partial charge in [0.25, 0.3) is 0 Å². The topological polar surface area (TPSA) is 50.8 Å². The number of benzene rings is 2. The number of aromatic nitrogens is 3. The summed E-state index contributed by atoms with van der Waals surface area (Å²) in [5.41, 5.74) is 3.53. The van der Waals surface area contributed by atoms with E-state index in [1.165, 1.54) is 6.20 Å². The highest BCUT2D eigenvalue weighted by molar-refractivity contribution is 6.34. The highest BCUT2D eigenvalue weighted by Gasteiger charge is 2.13. The molecular formula is C19H13Cl2N3O. The molecule has 4 rings (SSSR count). The van der Waals surface area contributed by atoms with Gasteiger partial charge in [-0.3, -0.25) is 0 Å². The highest BCUT2D eigenvalue weighted by atomic mass is 35.5. The molecule has 4 nitrogen and oxygen atoms in total. The van der Waals surface area contributed by atoms with Crippen LogP contribution in [0.3, 0.4) is 0 Å². The van der Waals surface area contributed by atoms with Crippen LogP contribution >= 0.6 is 23.2 Å². The monoisotopic (exact) mass is 369 g/mol. The largest absolute Gasteiger partial charge is 0.489 e. The Hall–Kier alpha value is -2.56. The van der Waals surface area contributed by atoms with Crippen LogP contribution in [0.25, 0.3) is 22.2 Å². The van der Waals surface area contributed by atoms with E-state index in [1.807, 2.05) is 54.7 Å². The van der Waals surface area contributed by atoms with E-state index in [-0.39, 0.29) is 5.28 Å². The zero-order valence-corrected chi connectivity index (χ0v) is 14.6. The molecule has 0 bridgehead atoms. The number of nitrogens with one attached hydrogen (secondary N) is 1. The number of aromatic amines is 1. The second kappa shape index (κ2) is 6.75. The number of rotatable bonds is 4. The van der Waals surface area contributed by atoms with Gasteiger partial charge in [-0.15, -0.1) is 0 Å². The second-order valence-electron chi connectivity index (χ2n) is 5.52. The van der Waals surface area contributed by atoms with Gasteiger partial charge < -0.3 is 9.72 Å². The van der Waals surface area contributed by atoms with Gasteiger partial charge in [0.05, 0.1) is 16.9 Å². The summed E-state index contributed by atoms with van der Waals surface area (Å²) in [6.45, 7) is 0.506. The van der Waals surface area contributed by atoms with Crippen molar-refractivity contribution in [2.24, 2.45) is 0 Å². The lowest BCUT2D eigenvalue weighted by molar-refractivity contribution is 0.306. The van der Waals surface area contributed by atoms with Crippen molar-refractivity contribution in [3.05, 3.63) is 76.8 Å². The van der Waals surface area contributed by atoms with Gasteiger partial charge in [0.1, 0.15) is 12.4 Å². The fourth-order valence-electron chi connectivity index (χ4n) is 2.66. The van der Waals surface area contributed by atoms with E-state index in [2.05, 4.69) is 15.0 Å². The average molecular weight is 370 g/mol. The summed E-state index contributed by atoms with van der Waals surface area (Å²) in [5, 5.41) is 1.56. The van der Waals surface area contributed by atoms with Crippen LogP contribution in [-0.2, 0) is 6.61 Å². The summed E-state index contributed by atoms with van der Waals surface area (Å²) in [7, 11) is 0. The highest BCUT2D eigenvalue weighted by Crippen LogP contribution is 2.34. The van der Waals surface area contributed by atoms with Crippen LogP contribution in [0.1, 0.15) is 5.56 Å². The van der Waals surface area contributed by atoms with Crippen molar-refractivity contribution in [2.45, 2.75) is 6.61 Å². The quantitative estimate of drug-likeness (QED) is 0.482. The van der Waals surface area contributed by atoms with Gasteiger partial charge in [-0.1, -0.05) is 41.9 Å². The molecule has 1 N–H and O–H groups in total. The van der Waals surface area contributed by atoms with Gasteiger partial charge in [-0.05, 0) is 35.4 Å². The molecule has 25 heavy (non-hydrogen) atoms. The Morgan fingerprint density at radius 2 is 1.88 bits per heavy atom. The summed E-state index contributed by atoms with van der Waals surface area (Å²) in [4.78, 5) is 11.4.